The lowest BCUT2D eigenvalue weighted by Crippen LogP contribution is -2.20. The monoisotopic (exact) mass is 304 g/mol. The SMILES string of the molecule is CCC(C)(C)OP(Br)Oc1cccc(C)c1. The molecule has 4 heteroatoms. The summed E-state index contributed by atoms with van der Waals surface area (Å²) < 4.78 is 11.5. The van der Waals surface area contributed by atoms with E-state index in [1.807, 2.05) is 31.2 Å². The highest BCUT2D eigenvalue weighted by atomic mass is 79.9. The topological polar surface area (TPSA) is 18.5 Å². The second-order valence-electron chi connectivity index (χ2n) is 4.32. The van der Waals surface area contributed by atoms with Crippen molar-refractivity contribution in [1.82, 2.24) is 0 Å². The highest BCUT2D eigenvalue weighted by Crippen LogP contribution is 2.50. The van der Waals surface area contributed by atoms with Crippen LogP contribution in [0.3, 0.4) is 0 Å². The molecule has 0 aliphatic rings. The summed E-state index contributed by atoms with van der Waals surface area (Å²) in [5, 5.41) is 0. The predicted octanol–water partition coefficient (Wildman–Crippen LogP) is 5.20. The second-order valence-corrected chi connectivity index (χ2v) is 6.85. The average Bonchev–Trinajstić information content (AvgIpc) is 2.16. The Kier molecular flexibility index (Phi) is 5.23. The molecular formula is C12H18BrO2P. The summed E-state index contributed by atoms with van der Waals surface area (Å²) in [6.07, 6.45) is 0.953. The summed E-state index contributed by atoms with van der Waals surface area (Å²) in [6.45, 7) is 8.26. The van der Waals surface area contributed by atoms with Gasteiger partial charge in [0.2, 0.25) is 0 Å². The van der Waals surface area contributed by atoms with Crippen molar-refractivity contribution in [3.63, 3.8) is 0 Å². The lowest BCUT2D eigenvalue weighted by atomic mass is 10.1. The first-order valence-corrected chi connectivity index (χ1v) is 8.52. The number of rotatable bonds is 5. The first-order valence-electron chi connectivity index (χ1n) is 5.32. The molecule has 90 valence electrons. The molecule has 0 fully saturated rings. The second kappa shape index (κ2) is 6.00. The van der Waals surface area contributed by atoms with Crippen molar-refractivity contribution in [3.05, 3.63) is 29.8 Å². The zero-order valence-corrected chi connectivity index (χ0v) is 12.6. The molecule has 0 saturated carbocycles. The molecule has 0 aliphatic heterocycles. The fraction of sp³-hybridized carbons (Fsp3) is 0.500. The molecule has 0 radical (unpaired) electrons. The third-order valence-corrected chi connectivity index (χ3v) is 4.20. The van der Waals surface area contributed by atoms with E-state index in [1.165, 1.54) is 5.56 Å². The van der Waals surface area contributed by atoms with Gasteiger partial charge in [-0.3, -0.25) is 0 Å². The molecule has 1 atom stereocenters. The van der Waals surface area contributed by atoms with Crippen molar-refractivity contribution in [2.24, 2.45) is 0 Å². The number of halogens is 1. The van der Waals surface area contributed by atoms with E-state index >= 15 is 0 Å². The average molecular weight is 305 g/mol. The molecule has 1 unspecified atom stereocenters. The highest BCUT2D eigenvalue weighted by Gasteiger charge is 2.22. The summed E-state index contributed by atoms with van der Waals surface area (Å²) in [5.41, 5.74) is 1.03. The Hall–Kier alpha value is -0.110. The van der Waals surface area contributed by atoms with Crippen molar-refractivity contribution in [2.45, 2.75) is 39.7 Å². The zero-order chi connectivity index (χ0) is 12.2. The van der Waals surface area contributed by atoms with Crippen LogP contribution < -0.4 is 4.52 Å². The van der Waals surface area contributed by atoms with Crippen LogP contribution >= 0.6 is 22.6 Å². The van der Waals surface area contributed by atoms with Crippen molar-refractivity contribution >= 4 is 22.6 Å². The molecule has 16 heavy (non-hydrogen) atoms. The lowest BCUT2D eigenvalue weighted by Gasteiger charge is -2.25. The van der Waals surface area contributed by atoms with Crippen LogP contribution in [0.1, 0.15) is 32.8 Å². The number of aryl methyl sites for hydroxylation is 1. The van der Waals surface area contributed by atoms with E-state index in [0.29, 0.717) is 0 Å². The minimum atomic E-state index is -1.05. The van der Waals surface area contributed by atoms with Crippen LogP contribution in [0, 0.1) is 6.92 Å². The minimum Gasteiger partial charge on any atom is -0.439 e. The van der Waals surface area contributed by atoms with Crippen molar-refractivity contribution in [1.29, 1.82) is 0 Å². The molecule has 0 aromatic heterocycles. The normalized spacial score (nSPS) is 13.6. The molecule has 0 aliphatic carbocycles. The van der Waals surface area contributed by atoms with Crippen LogP contribution in [-0.2, 0) is 4.52 Å². The molecule has 0 spiro atoms. The van der Waals surface area contributed by atoms with Crippen molar-refractivity contribution in [3.8, 4) is 5.75 Å². The van der Waals surface area contributed by atoms with E-state index in [1.54, 1.807) is 0 Å². The maximum atomic E-state index is 5.79. The molecule has 0 N–H and O–H groups in total. The Bertz CT molecular complexity index is 342. The van der Waals surface area contributed by atoms with Gasteiger partial charge in [0.05, 0.1) is 5.60 Å². The molecule has 1 aromatic rings. The Labute approximate surface area is 107 Å². The fourth-order valence-corrected chi connectivity index (χ4v) is 3.54. The Morgan fingerprint density at radius 2 is 2.06 bits per heavy atom. The fourth-order valence-electron chi connectivity index (χ4n) is 1.03. The summed E-state index contributed by atoms with van der Waals surface area (Å²) in [6, 6.07) is 7.96. The van der Waals surface area contributed by atoms with Gasteiger partial charge in [0.25, 0.3) is 0 Å². The Morgan fingerprint density at radius 1 is 1.38 bits per heavy atom. The number of hydrogen-bond acceptors (Lipinski definition) is 2. The van der Waals surface area contributed by atoms with Crippen LogP contribution in [0.2, 0.25) is 0 Å². The van der Waals surface area contributed by atoms with Gasteiger partial charge >= 0.3 is 7.08 Å². The van der Waals surface area contributed by atoms with E-state index in [-0.39, 0.29) is 5.60 Å². The molecule has 2 nitrogen and oxygen atoms in total. The third kappa shape index (κ3) is 4.82. The maximum Gasteiger partial charge on any atom is 0.307 e. The standard InChI is InChI=1S/C12H18BrO2P/c1-5-12(3,4)15-16(13)14-11-8-6-7-10(2)9-11/h6-9H,5H2,1-4H3. The van der Waals surface area contributed by atoms with Gasteiger partial charge in [0.1, 0.15) is 5.75 Å². The van der Waals surface area contributed by atoms with Gasteiger partial charge in [-0.15, -0.1) is 0 Å². The smallest absolute Gasteiger partial charge is 0.307 e. The van der Waals surface area contributed by atoms with Crippen molar-refractivity contribution in [2.75, 3.05) is 0 Å². The van der Waals surface area contributed by atoms with E-state index < -0.39 is 7.08 Å². The predicted molar refractivity (Wildman–Crippen MR) is 73.1 cm³/mol. The molecule has 0 amide bonds. The van der Waals surface area contributed by atoms with Gasteiger partial charge in [0, 0.05) is 15.5 Å². The minimum absolute atomic E-state index is 0.154. The number of hydrogen-bond donors (Lipinski definition) is 0. The van der Waals surface area contributed by atoms with Crippen molar-refractivity contribution < 1.29 is 9.05 Å². The van der Waals surface area contributed by atoms with Gasteiger partial charge in [-0.1, -0.05) is 19.1 Å². The lowest BCUT2D eigenvalue weighted by molar-refractivity contribution is 0.115. The van der Waals surface area contributed by atoms with E-state index in [4.69, 9.17) is 9.05 Å². The van der Waals surface area contributed by atoms with Crippen LogP contribution in [0.4, 0.5) is 0 Å². The van der Waals surface area contributed by atoms with Crippen LogP contribution in [0.25, 0.3) is 0 Å². The van der Waals surface area contributed by atoms with E-state index in [9.17, 15) is 0 Å². The Balaban J connectivity index is 2.55. The van der Waals surface area contributed by atoms with Gasteiger partial charge in [0.15, 0.2) is 0 Å². The molecule has 0 saturated heterocycles. The third-order valence-electron chi connectivity index (χ3n) is 2.34. The summed E-state index contributed by atoms with van der Waals surface area (Å²) in [7, 11) is -1.05. The van der Waals surface area contributed by atoms with Crippen LogP contribution in [0.15, 0.2) is 24.3 Å². The van der Waals surface area contributed by atoms with Gasteiger partial charge < -0.3 is 9.05 Å². The Morgan fingerprint density at radius 3 is 2.62 bits per heavy atom. The molecule has 0 heterocycles. The highest BCUT2D eigenvalue weighted by molar-refractivity contribution is 9.38. The quantitative estimate of drug-likeness (QED) is 0.696. The molecular weight excluding hydrogens is 287 g/mol. The largest absolute Gasteiger partial charge is 0.439 e. The summed E-state index contributed by atoms with van der Waals surface area (Å²) >= 11 is 3.44. The van der Waals surface area contributed by atoms with E-state index in [0.717, 1.165) is 12.2 Å². The summed E-state index contributed by atoms with van der Waals surface area (Å²) in [4.78, 5) is 0. The summed E-state index contributed by atoms with van der Waals surface area (Å²) in [5.74, 6) is 0.842. The number of benzene rings is 1. The maximum absolute atomic E-state index is 5.79. The first kappa shape index (κ1) is 14.0. The molecule has 0 bridgehead atoms. The first-order chi connectivity index (χ1) is 7.43. The van der Waals surface area contributed by atoms with Gasteiger partial charge in [-0.2, -0.15) is 0 Å². The van der Waals surface area contributed by atoms with Crippen LogP contribution in [0.5, 0.6) is 5.75 Å². The van der Waals surface area contributed by atoms with Crippen LogP contribution in [-0.4, -0.2) is 5.60 Å². The van der Waals surface area contributed by atoms with E-state index in [2.05, 4.69) is 36.3 Å². The zero-order valence-electron chi connectivity index (χ0n) is 10.2. The molecule has 1 aromatic carbocycles. The van der Waals surface area contributed by atoms with Gasteiger partial charge in [-0.25, -0.2) is 0 Å². The van der Waals surface area contributed by atoms with Gasteiger partial charge in [-0.05, 0) is 44.9 Å². The molecule has 1 rings (SSSR count).